The van der Waals surface area contributed by atoms with Crippen LogP contribution in [0.4, 0.5) is 8.78 Å². The summed E-state index contributed by atoms with van der Waals surface area (Å²) in [6.07, 6.45) is 2.37. The van der Waals surface area contributed by atoms with Gasteiger partial charge in [0.2, 0.25) is 10.0 Å². The van der Waals surface area contributed by atoms with Crippen molar-refractivity contribution >= 4 is 10.0 Å². The number of ether oxygens (including phenoxy) is 1. The minimum atomic E-state index is -3.80. The highest BCUT2D eigenvalue weighted by Crippen LogP contribution is 2.27. The van der Waals surface area contributed by atoms with Crippen molar-refractivity contribution < 1.29 is 21.9 Å². The Morgan fingerprint density at radius 3 is 2.67 bits per heavy atom. The summed E-state index contributed by atoms with van der Waals surface area (Å²) in [7, 11) is -3.80. The number of rotatable bonds is 6. The third-order valence-corrected chi connectivity index (χ3v) is 4.22. The Hall–Kier alpha value is -2.00. The molecule has 1 atom stereocenters. The number of benzene rings is 1. The van der Waals surface area contributed by atoms with E-state index < -0.39 is 22.7 Å². The van der Waals surface area contributed by atoms with Crippen molar-refractivity contribution in [2.75, 3.05) is 0 Å². The lowest BCUT2D eigenvalue weighted by Gasteiger charge is -2.17. The first-order valence-electron chi connectivity index (χ1n) is 5.95. The summed E-state index contributed by atoms with van der Waals surface area (Å²) >= 11 is 0. The topological polar surface area (TPSA) is 84.1 Å². The van der Waals surface area contributed by atoms with Gasteiger partial charge in [-0.15, -0.1) is 0 Å². The summed E-state index contributed by atoms with van der Waals surface area (Å²) in [4.78, 5) is -0.0402. The van der Waals surface area contributed by atoms with Crippen LogP contribution in [0.2, 0.25) is 0 Å². The molecule has 0 saturated heterocycles. The fourth-order valence-electron chi connectivity index (χ4n) is 1.79. The van der Waals surface area contributed by atoms with Gasteiger partial charge in [0.05, 0.1) is 6.20 Å². The second kappa shape index (κ2) is 6.19. The number of aromatic nitrogens is 2. The minimum Gasteiger partial charge on any atom is -0.434 e. The molecule has 114 valence electrons. The van der Waals surface area contributed by atoms with Gasteiger partial charge in [0.15, 0.2) is 0 Å². The molecule has 0 aliphatic heterocycles. The zero-order valence-corrected chi connectivity index (χ0v) is 11.8. The van der Waals surface area contributed by atoms with E-state index in [4.69, 9.17) is 0 Å². The number of hydrogen-bond acceptors (Lipinski definition) is 4. The van der Waals surface area contributed by atoms with Crippen LogP contribution in [-0.2, 0) is 10.0 Å². The normalized spacial score (nSPS) is 13.3. The Morgan fingerprint density at radius 1 is 1.33 bits per heavy atom. The quantitative estimate of drug-likeness (QED) is 0.854. The summed E-state index contributed by atoms with van der Waals surface area (Å²) in [5.41, 5.74) is 0.310. The van der Waals surface area contributed by atoms with Gasteiger partial charge in [-0.1, -0.05) is 18.2 Å². The molecule has 1 aromatic carbocycles. The summed E-state index contributed by atoms with van der Waals surface area (Å²) in [6, 6.07) is 5.25. The van der Waals surface area contributed by atoms with E-state index in [2.05, 4.69) is 19.7 Å². The highest BCUT2D eigenvalue weighted by molar-refractivity contribution is 7.89. The predicted molar refractivity (Wildman–Crippen MR) is 70.4 cm³/mol. The maximum Gasteiger partial charge on any atom is 0.387 e. The van der Waals surface area contributed by atoms with Crippen LogP contribution in [-0.4, -0.2) is 25.2 Å². The molecule has 2 aromatic rings. The number of aromatic amines is 1. The number of halogens is 2. The maximum absolute atomic E-state index is 12.4. The summed E-state index contributed by atoms with van der Waals surface area (Å²) < 4.78 is 55.6. The standard InChI is InChI=1S/C12H13F2N3O3S/c1-8(17-21(18,19)9-6-15-16-7-9)10-4-2-3-5-11(10)20-12(13)14/h2-8,12,17H,1H3,(H,15,16). The first-order chi connectivity index (χ1) is 9.90. The number of para-hydroxylation sites is 1. The van der Waals surface area contributed by atoms with E-state index in [1.54, 1.807) is 6.07 Å². The number of alkyl halides is 2. The molecule has 0 spiro atoms. The minimum absolute atomic E-state index is 0.0402. The van der Waals surface area contributed by atoms with E-state index >= 15 is 0 Å². The Balaban J connectivity index is 2.23. The molecule has 0 radical (unpaired) electrons. The fraction of sp³-hybridized carbons (Fsp3) is 0.250. The van der Waals surface area contributed by atoms with Crippen LogP contribution in [0.3, 0.4) is 0 Å². The van der Waals surface area contributed by atoms with Crippen LogP contribution in [0.25, 0.3) is 0 Å². The zero-order valence-electron chi connectivity index (χ0n) is 11.0. The van der Waals surface area contributed by atoms with Crippen molar-refractivity contribution in [2.45, 2.75) is 24.5 Å². The van der Waals surface area contributed by atoms with Gasteiger partial charge in [-0.3, -0.25) is 5.10 Å². The molecular weight excluding hydrogens is 304 g/mol. The monoisotopic (exact) mass is 317 g/mol. The van der Waals surface area contributed by atoms with Gasteiger partial charge in [0.1, 0.15) is 10.6 Å². The van der Waals surface area contributed by atoms with Crippen molar-refractivity contribution in [2.24, 2.45) is 0 Å². The molecule has 2 N–H and O–H groups in total. The van der Waals surface area contributed by atoms with Crippen molar-refractivity contribution in [3.8, 4) is 5.75 Å². The molecule has 0 aliphatic carbocycles. The molecule has 6 nitrogen and oxygen atoms in total. The molecule has 0 bridgehead atoms. The van der Waals surface area contributed by atoms with E-state index in [0.717, 1.165) is 6.20 Å². The van der Waals surface area contributed by atoms with E-state index in [0.29, 0.717) is 5.56 Å². The van der Waals surface area contributed by atoms with Gasteiger partial charge < -0.3 is 4.74 Å². The molecule has 1 aromatic heterocycles. The van der Waals surface area contributed by atoms with Crippen LogP contribution < -0.4 is 9.46 Å². The third kappa shape index (κ3) is 3.76. The van der Waals surface area contributed by atoms with Gasteiger partial charge in [-0.05, 0) is 13.0 Å². The first-order valence-corrected chi connectivity index (χ1v) is 7.43. The van der Waals surface area contributed by atoms with Crippen LogP contribution in [0.1, 0.15) is 18.5 Å². The van der Waals surface area contributed by atoms with Gasteiger partial charge >= 0.3 is 6.61 Å². The van der Waals surface area contributed by atoms with Crippen molar-refractivity contribution in [1.29, 1.82) is 0 Å². The summed E-state index contributed by atoms with van der Waals surface area (Å²) in [6.45, 7) is -1.45. The van der Waals surface area contributed by atoms with Gasteiger partial charge in [-0.25, -0.2) is 13.1 Å². The lowest BCUT2D eigenvalue weighted by molar-refractivity contribution is -0.0506. The molecule has 21 heavy (non-hydrogen) atoms. The highest BCUT2D eigenvalue weighted by atomic mass is 32.2. The number of hydrogen-bond donors (Lipinski definition) is 2. The first kappa shape index (κ1) is 15.4. The number of sulfonamides is 1. The Kier molecular flexibility index (Phi) is 4.53. The van der Waals surface area contributed by atoms with Crippen LogP contribution in [0.5, 0.6) is 5.75 Å². The van der Waals surface area contributed by atoms with Crippen LogP contribution in [0.15, 0.2) is 41.6 Å². The maximum atomic E-state index is 12.4. The zero-order chi connectivity index (χ0) is 15.5. The second-order valence-corrected chi connectivity index (χ2v) is 5.91. The number of nitrogens with zero attached hydrogens (tertiary/aromatic N) is 1. The Morgan fingerprint density at radius 2 is 2.05 bits per heavy atom. The molecule has 1 heterocycles. The Bertz CT molecular complexity index is 690. The smallest absolute Gasteiger partial charge is 0.387 e. The van der Waals surface area contributed by atoms with Crippen molar-refractivity contribution in [1.82, 2.24) is 14.9 Å². The highest BCUT2D eigenvalue weighted by Gasteiger charge is 2.22. The molecule has 0 fully saturated rings. The van der Waals surface area contributed by atoms with Gasteiger partial charge in [0.25, 0.3) is 0 Å². The molecule has 0 amide bonds. The molecule has 0 aliphatic rings. The molecule has 0 saturated carbocycles. The van der Waals surface area contributed by atoms with Crippen LogP contribution >= 0.6 is 0 Å². The molecule has 9 heteroatoms. The predicted octanol–water partition coefficient (Wildman–Crippen LogP) is 2.05. The van der Waals surface area contributed by atoms with Crippen molar-refractivity contribution in [3.05, 3.63) is 42.2 Å². The van der Waals surface area contributed by atoms with E-state index in [9.17, 15) is 17.2 Å². The average molecular weight is 317 g/mol. The lowest BCUT2D eigenvalue weighted by Crippen LogP contribution is -2.27. The SMILES string of the molecule is CC(NS(=O)(=O)c1cn[nH]c1)c1ccccc1OC(F)F. The number of nitrogens with one attached hydrogen (secondary N) is 2. The fourth-order valence-corrected chi connectivity index (χ4v) is 2.92. The van der Waals surface area contributed by atoms with Crippen LogP contribution in [0, 0.1) is 0 Å². The average Bonchev–Trinajstić information content (AvgIpc) is 2.92. The van der Waals surface area contributed by atoms with E-state index in [1.807, 2.05) is 0 Å². The molecule has 1 unspecified atom stereocenters. The van der Waals surface area contributed by atoms with Crippen molar-refractivity contribution in [3.63, 3.8) is 0 Å². The van der Waals surface area contributed by atoms with Gasteiger partial charge in [-0.2, -0.15) is 13.9 Å². The lowest BCUT2D eigenvalue weighted by atomic mass is 10.1. The largest absolute Gasteiger partial charge is 0.434 e. The number of H-pyrrole nitrogens is 1. The van der Waals surface area contributed by atoms with Gasteiger partial charge in [0, 0.05) is 17.8 Å². The summed E-state index contributed by atoms with van der Waals surface area (Å²) in [5, 5.41) is 5.95. The van der Waals surface area contributed by atoms with E-state index in [-0.39, 0.29) is 10.6 Å². The molecular formula is C12H13F2N3O3S. The molecule has 2 rings (SSSR count). The van der Waals surface area contributed by atoms with E-state index in [1.165, 1.54) is 31.3 Å². The Labute approximate surface area is 120 Å². The second-order valence-electron chi connectivity index (χ2n) is 4.19. The third-order valence-electron chi connectivity index (χ3n) is 2.72. The summed E-state index contributed by atoms with van der Waals surface area (Å²) in [5.74, 6) is -0.0742.